The van der Waals surface area contributed by atoms with Gasteiger partial charge in [-0.3, -0.25) is 0 Å². The van der Waals surface area contributed by atoms with Crippen LogP contribution in [0.4, 0.5) is 5.69 Å². The molecule has 6 heteroatoms. The summed E-state index contributed by atoms with van der Waals surface area (Å²) in [5.74, 6) is 0. The number of nitrogens with two attached hydrogens (primary N) is 1. The summed E-state index contributed by atoms with van der Waals surface area (Å²) in [6.07, 6.45) is 1.58. The summed E-state index contributed by atoms with van der Waals surface area (Å²) >= 11 is 0. The maximum atomic E-state index is 12.2. The van der Waals surface area contributed by atoms with Crippen molar-refractivity contribution in [2.24, 2.45) is 0 Å². The number of aryl methyl sites for hydroxylation is 1. The van der Waals surface area contributed by atoms with Gasteiger partial charge < -0.3 is 10.5 Å². The molecule has 1 saturated carbocycles. The molecule has 0 aromatic heterocycles. The molecule has 0 atom stereocenters. The van der Waals surface area contributed by atoms with Gasteiger partial charge in [-0.1, -0.05) is 12.1 Å². The molecule has 0 spiro atoms. The Morgan fingerprint density at radius 3 is 2.61 bits per heavy atom. The van der Waals surface area contributed by atoms with Gasteiger partial charge in [0.1, 0.15) is 4.90 Å². The maximum Gasteiger partial charge on any atom is 0.243 e. The van der Waals surface area contributed by atoms with Gasteiger partial charge in [-0.25, -0.2) is 13.1 Å². The molecule has 1 aliphatic carbocycles. The lowest BCUT2D eigenvalue weighted by atomic mass is 9.90. The number of rotatable bonds is 4. The zero-order valence-corrected chi connectivity index (χ0v) is 11.3. The predicted molar refractivity (Wildman–Crippen MR) is 69.7 cm³/mol. The molecule has 0 bridgehead atoms. The van der Waals surface area contributed by atoms with Crippen molar-refractivity contribution in [2.75, 3.05) is 12.8 Å². The fraction of sp³-hybridized carbons (Fsp3) is 0.500. The molecule has 0 amide bonds. The quantitative estimate of drug-likeness (QED) is 0.801. The Labute approximate surface area is 107 Å². The van der Waals surface area contributed by atoms with Crippen molar-refractivity contribution < 1.29 is 13.2 Å². The lowest BCUT2D eigenvalue weighted by molar-refractivity contribution is 0.0236. The first-order valence-electron chi connectivity index (χ1n) is 5.84. The molecule has 1 fully saturated rings. The normalized spacial score (nSPS) is 23.7. The van der Waals surface area contributed by atoms with Crippen LogP contribution in [0.15, 0.2) is 23.1 Å². The molecular formula is C12H18N2O3S. The molecule has 5 nitrogen and oxygen atoms in total. The third kappa shape index (κ3) is 2.50. The molecule has 0 aliphatic heterocycles. The molecule has 0 saturated heterocycles. The smallest absolute Gasteiger partial charge is 0.243 e. The number of nitrogen functional groups attached to an aromatic ring is 1. The van der Waals surface area contributed by atoms with E-state index in [2.05, 4.69) is 4.72 Å². The largest absolute Gasteiger partial charge is 0.398 e. The molecule has 100 valence electrons. The van der Waals surface area contributed by atoms with Gasteiger partial charge in [-0.15, -0.1) is 0 Å². The number of benzene rings is 1. The maximum absolute atomic E-state index is 12.2. The van der Waals surface area contributed by atoms with Gasteiger partial charge in [-0.2, -0.15) is 0 Å². The summed E-state index contributed by atoms with van der Waals surface area (Å²) < 4.78 is 32.3. The molecule has 18 heavy (non-hydrogen) atoms. The van der Waals surface area contributed by atoms with E-state index in [0.29, 0.717) is 18.4 Å². The summed E-state index contributed by atoms with van der Waals surface area (Å²) in [5, 5.41) is 0. The second-order valence-electron chi connectivity index (χ2n) is 4.64. The summed E-state index contributed by atoms with van der Waals surface area (Å²) in [7, 11) is -1.91. The van der Waals surface area contributed by atoms with Gasteiger partial charge in [0.25, 0.3) is 0 Å². The minimum Gasteiger partial charge on any atom is -0.398 e. The van der Waals surface area contributed by atoms with E-state index in [1.807, 2.05) is 0 Å². The van der Waals surface area contributed by atoms with Gasteiger partial charge in [-0.05, 0) is 31.4 Å². The molecule has 0 unspecified atom stereocenters. The zero-order valence-electron chi connectivity index (χ0n) is 10.5. The Kier molecular flexibility index (Phi) is 3.61. The number of methoxy groups -OCH3 is 1. The molecule has 1 aromatic carbocycles. The number of hydrogen-bond acceptors (Lipinski definition) is 4. The van der Waals surface area contributed by atoms with Crippen molar-refractivity contribution in [3.05, 3.63) is 23.8 Å². The van der Waals surface area contributed by atoms with Crippen LogP contribution in [0.25, 0.3) is 0 Å². The van der Waals surface area contributed by atoms with Crippen LogP contribution in [0.3, 0.4) is 0 Å². The van der Waals surface area contributed by atoms with E-state index in [1.54, 1.807) is 32.2 Å². The Hall–Kier alpha value is -1.11. The van der Waals surface area contributed by atoms with Crippen molar-refractivity contribution in [1.82, 2.24) is 4.72 Å². The third-order valence-electron chi connectivity index (χ3n) is 3.26. The molecular weight excluding hydrogens is 252 g/mol. The first-order chi connectivity index (χ1) is 8.44. The van der Waals surface area contributed by atoms with E-state index in [4.69, 9.17) is 10.5 Å². The Bertz CT molecular complexity index is 516. The molecule has 3 N–H and O–H groups in total. The van der Waals surface area contributed by atoms with Gasteiger partial charge in [0.05, 0.1) is 11.8 Å². The van der Waals surface area contributed by atoms with Crippen LogP contribution >= 0.6 is 0 Å². The highest BCUT2D eigenvalue weighted by Gasteiger charge is 2.33. The predicted octanol–water partition coefficient (Wildman–Crippen LogP) is 1.03. The highest BCUT2D eigenvalue weighted by Crippen LogP contribution is 2.27. The second kappa shape index (κ2) is 4.87. The third-order valence-corrected chi connectivity index (χ3v) is 5.00. The van der Waals surface area contributed by atoms with E-state index in [9.17, 15) is 8.42 Å². The van der Waals surface area contributed by atoms with E-state index in [0.717, 1.165) is 0 Å². The zero-order chi connectivity index (χ0) is 13.3. The first-order valence-corrected chi connectivity index (χ1v) is 7.32. The van der Waals surface area contributed by atoms with Crippen molar-refractivity contribution in [2.45, 2.75) is 36.8 Å². The van der Waals surface area contributed by atoms with Crippen LogP contribution in [0.1, 0.15) is 18.4 Å². The van der Waals surface area contributed by atoms with Crippen LogP contribution in [-0.2, 0) is 14.8 Å². The summed E-state index contributed by atoms with van der Waals surface area (Å²) in [6, 6.07) is 5.02. The Balaban J connectivity index is 2.17. The number of hydrogen-bond donors (Lipinski definition) is 2. The first kappa shape index (κ1) is 13.3. The molecule has 2 rings (SSSR count). The second-order valence-corrected chi connectivity index (χ2v) is 6.29. The highest BCUT2D eigenvalue weighted by molar-refractivity contribution is 7.89. The van der Waals surface area contributed by atoms with Gasteiger partial charge in [0.2, 0.25) is 10.0 Å². The minimum absolute atomic E-state index is 0.0565. The van der Waals surface area contributed by atoms with Crippen molar-refractivity contribution in [3.63, 3.8) is 0 Å². The average molecular weight is 270 g/mol. The topological polar surface area (TPSA) is 81.4 Å². The number of anilines is 1. The Morgan fingerprint density at radius 2 is 2.06 bits per heavy atom. The van der Waals surface area contributed by atoms with Crippen LogP contribution in [0.2, 0.25) is 0 Å². The van der Waals surface area contributed by atoms with Gasteiger partial charge >= 0.3 is 0 Å². The molecule has 1 aromatic rings. The SMILES string of the molecule is COC1CC(NS(=O)(=O)c2c(C)cccc2N)C1. The lowest BCUT2D eigenvalue weighted by Crippen LogP contribution is -2.47. The number of nitrogens with one attached hydrogen (secondary N) is 1. The summed E-state index contributed by atoms with van der Waals surface area (Å²) in [5.41, 5.74) is 6.69. The fourth-order valence-corrected chi connectivity index (χ4v) is 3.79. The van der Waals surface area contributed by atoms with Crippen molar-refractivity contribution >= 4 is 15.7 Å². The highest BCUT2D eigenvalue weighted by atomic mass is 32.2. The van der Waals surface area contributed by atoms with Gasteiger partial charge in [0, 0.05) is 13.2 Å². The van der Waals surface area contributed by atoms with Crippen molar-refractivity contribution in [1.29, 1.82) is 0 Å². The average Bonchev–Trinajstić information content (AvgIpc) is 2.22. The fourth-order valence-electron chi connectivity index (χ4n) is 2.17. The van der Waals surface area contributed by atoms with E-state index in [1.165, 1.54) is 0 Å². The number of ether oxygens (including phenoxy) is 1. The minimum atomic E-state index is -3.54. The monoisotopic (exact) mass is 270 g/mol. The van der Waals surface area contributed by atoms with E-state index in [-0.39, 0.29) is 22.7 Å². The summed E-state index contributed by atoms with van der Waals surface area (Å²) in [6.45, 7) is 1.74. The van der Waals surface area contributed by atoms with E-state index < -0.39 is 10.0 Å². The lowest BCUT2D eigenvalue weighted by Gasteiger charge is -2.34. The summed E-state index contributed by atoms with van der Waals surface area (Å²) in [4.78, 5) is 0.186. The Morgan fingerprint density at radius 1 is 1.39 bits per heavy atom. The van der Waals surface area contributed by atoms with Crippen molar-refractivity contribution in [3.8, 4) is 0 Å². The van der Waals surface area contributed by atoms with Crippen LogP contribution < -0.4 is 10.5 Å². The van der Waals surface area contributed by atoms with Crippen LogP contribution in [0, 0.1) is 6.92 Å². The van der Waals surface area contributed by atoms with Crippen LogP contribution in [-0.4, -0.2) is 27.7 Å². The molecule has 1 aliphatic rings. The molecule has 0 heterocycles. The van der Waals surface area contributed by atoms with Crippen LogP contribution in [0.5, 0.6) is 0 Å². The standard InChI is InChI=1S/C12H18N2O3S/c1-8-4-3-5-11(13)12(8)18(15,16)14-9-6-10(7-9)17-2/h3-5,9-10,14H,6-7,13H2,1-2H3. The van der Waals surface area contributed by atoms with Gasteiger partial charge in [0.15, 0.2) is 0 Å². The van der Waals surface area contributed by atoms with E-state index >= 15 is 0 Å². The molecule has 0 radical (unpaired) electrons. The number of sulfonamides is 1.